The molecule has 0 radical (unpaired) electrons. The summed E-state index contributed by atoms with van der Waals surface area (Å²) in [6, 6.07) is 14.0. The van der Waals surface area contributed by atoms with Gasteiger partial charge in [0, 0.05) is 18.7 Å². The molecule has 0 saturated carbocycles. The zero-order chi connectivity index (χ0) is 23.3. The van der Waals surface area contributed by atoms with Crippen molar-refractivity contribution in [2.45, 2.75) is 39.2 Å². The summed E-state index contributed by atoms with van der Waals surface area (Å²) in [6.45, 7) is 6.74. The van der Waals surface area contributed by atoms with Crippen molar-refractivity contribution < 1.29 is 14.3 Å². The number of rotatable bonds is 3. The fourth-order valence-electron chi connectivity index (χ4n) is 3.35. The van der Waals surface area contributed by atoms with Crippen LogP contribution >= 0.6 is 11.6 Å². The van der Waals surface area contributed by atoms with Crippen LogP contribution in [0.15, 0.2) is 48.0 Å². The Morgan fingerprint density at radius 1 is 1.16 bits per heavy atom. The van der Waals surface area contributed by atoms with E-state index in [0.717, 1.165) is 18.4 Å². The van der Waals surface area contributed by atoms with Crippen molar-refractivity contribution in [3.05, 3.63) is 69.8 Å². The third kappa shape index (κ3) is 6.12. The standard InChI is InChI=1S/C25H26ClN3O3/c1-25(2,3)32-24(31)29-12-10-17(11-13-29)14-19-7-5-9-21(22(19)26)28-23(30)20-8-4-6-18(15-20)16-27/h4-9,14-15H,10-13H2,1-3H3,(H,28,30). The summed E-state index contributed by atoms with van der Waals surface area (Å²) in [5.74, 6) is -0.334. The molecule has 7 heteroatoms. The number of nitrogens with zero attached hydrogens (tertiary/aromatic N) is 2. The molecule has 166 valence electrons. The summed E-state index contributed by atoms with van der Waals surface area (Å²) in [5, 5.41) is 12.3. The first-order valence-corrected chi connectivity index (χ1v) is 10.8. The van der Waals surface area contributed by atoms with Crippen molar-refractivity contribution in [2.24, 2.45) is 0 Å². The number of halogens is 1. The predicted octanol–water partition coefficient (Wildman–Crippen LogP) is 5.88. The quantitative estimate of drug-likeness (QED) is 0.631. The topological polar surface area (TPSA) is 82.4 Å². The van der Waals surface area contributed by atoms with E-state index in [0.29, 0.717) is 34.9 Å². The largest absolute Gasteiger partial charge is 0.444 e. The van der Waals surface area contributed by atoms with Gasteiger partial charge in [0.05, 0.1) is 22.3 Å². The van der Waals surface area contributed by atoms with Crippen LogP contribution in [-0.2, 0) is 4.74 Å². The Morgan fingerprint density at radius 3 is 2.50 bits per heavy atom. The third-order valence-electron chi connectivity index (χ3n) is 4.95. The van der Waals surface area contributed by atoms with Crippen LogP contribution in [0.4, 0.5) is 10.5 Å². The van der Waals surface area contributed by atoms with E-state index in [4.69, 9.17) is 21.6 Å². The molecule has 1 aliphatic rings. The number of anilines is 1. The van der Waals surface area contributed by atoms with Crippen molar-refractivity contribution in [3.63, 3.8) is 0 Å². The molecule has 1 heterocycles. The lowest BCUT2D eigenvalue weighted by atomic mass is 10.0. The van der Waals surface area contributed by atoms with Gasteiger partial charge in [-0.2, -0.15) is 5.26 Å². The fourth-order valence-corrected chi connectivity index (χ4v) is 3.58. The minimum absolute atomic E-state index is 0.292. The molecule has 0 spiro atoms. The van der Waals surface area contributed by atoms with Crippen molar-refractivity contribution in [3.8, 4) is 6.07 Å². The number of hydrogen-bond donors (Lipinski definition) is 1. The van der Waals surface area contributed by atoms with E-state index in [-0.39, 0.29) is 12.0 Å². The van der Waals surface area contributed by atoms with Crippen molar-refractivity contribution in [1.29, 1.82) is 5.26 Å². The van der Waals surface area contributed by atoms with E-state index in [1.807, 2.05) is 45.0 Å². The summed E-state index contributed by atoms with van der Waals surface area (Å²) in [7, 11) is 0. The molecule has 0 bridgehead atoms. The molecule has 1 aliphatic heterocycles. The summed E-state index contributed by atoms with van der Waals surface area (Å²) >= 11 is 6.57. The zero-order valence-corrected chi connectivity index (χ0v) is 19.2. The molecule has 0 atom stereocenters. The van der Waals surface area contributed by atoms with Gasteiger partial charge in [0.1, 0.15) is 5.60 Å². The number of carbonyl (C=O) groups excluding carboxylic acids is 2. The van der Waals surface area contributed by atoms with Crippen LogP contribution in [0.25, 0.3) is 6.08 Å². The van der Waals surface area contributed by atoms with Crippen LogP contribution in [0.2, 0.25) is 5.02 Å². The number of nitrogens with one attached hydrogen (secondary N) is 1. The smallest absolute Gasteiger partial charge is 0.410 e. The first-order valence-electron chi connectivity index (χ1n) is 10.4. The van der Waals surface area contributed by atoms with Crippen molar-refractivity contribution >= 4 is 35.4 Å². The van der Waals surface area contributed by atoms with Crippen LogP contribution in [0.5, 0.6) is 0 Å². The monoisotopic (exact) mass is 451 g/mol. The Balaban J connectivity index is 1.68. The first-order chi connectivity index (χ1) is 15.2. The highest BCUT2D eigenvalue weighted by atomic mass is 35.5. The molecule has 6 nitrogen and oxygen atoms in total. The molecule has 0 unspecified atom stereocenters. The van der Waals surface area contributed by atoms with E-state index in [1.165, 1.54) is 11.6 Å². The van der Waals surface area contributed by atoms with Crippen LogP contribution in [0, 0.1) is 11.3 Å². The van der Waals surface area contributed by atoms with Gasteiger partial charge in [-0.25, -0.2) is 4.79 Å². The van der Waals surface area contributed by atoms with Gasteiger partial charge in [0.2, 0.25) is 0 Å². The first kappa shape index (κ1) is 23.4. The number of nitriles is 1. The summed E-state index contributed by atoms with van der Waals surface area (Å²) in [6.07, 6.45) is 3.18. The summed E-state index contributed by atoms with van der Waals surface area (Å²) in [4.78, 5) is 26.6. The lowest BCUT2D eigenvalue weighted by Crippen LogP contribution is -2.40. The van der Waals surface area contributed by atoms with E-state index < -0.39 is 5.60 Å². The Morgan fingerprint density at radius 2 is 1.84 bits per heavy atom. The van der Waals surface area contributed by atoms with Crippen LogP contribution in [0.3, 0.4) is 0 Å². The maximum absolute atomic E-state index is 12.6. The molecular formula is C25H26ClN3O3. The predicted molar refractivity (Wildman–Crippen MR) is 126 cm³/mol. The summed E-state index contributed by atoms with van der Waals surface area (Å²) in [5.41, 5.74) is 2.77. The highest BCUT2D eigenvalue weighted by molar-refractivity contribution is 6.35. The second-order valence-corrected chi connectivity index (χ2v) is 9.00. The van der Waals surface area contributed by atoms with Gasteiger partial charge < -0.3 is 15.0 Å². The van der Waals surface area contributed by atoms with Gasteiger partial charge in [0.25, 0.3) is 5.91 Å². The number of hydrogen-bond acceptors (Lipinski definition) is 4. The molecule has 1 fully saturated rings. The minimum Gasteiger partial charge on any atom is -0.444 e. The molecule has 2 aromatic carbocycles. The fraction of sp³-hybridized carbons (Fsp3) is 0.320. The van der Waals surface area contributed by atoms with Gasteiger partial charge in [-0.1, -0.05) is 41.4 Å². The number of ether oxygens (including phenoxy) is 1. The van der Waals surface area contributed by atoms with Crippen LogP contribution < -0.4 is 5.32 Å². The highest BCUT2D eigenvalue weighted by Gasteiger charge is 2.24. The molecule has 2 amide bonds. The second-order valence-electron chi connectivity index (χ2n) is 8.63. The Bertz CT molecular complexity index is 1090. The lowest BCUT2D eigenvalue weighted by molar-refractivity contribution is 0.0237. The number of amides is 2. The van der Waals surface area contributed by atoms with Gasteiger partial charge in [-0.3, -0.25) is 4.79 Å². The van der Waals surface area contributed by atoms with Crippen molar-refractivity contribution in [1.82, 2.24) is 4.90 Å². The van der Waals surface area contributed by atoms with Crippen LogP contribution in [-0.4, -0.2) is 35.6 Å². The van der Waals surface area contributed by atoms with Gasteiger partial charge in [0.15, 0.2) is 0 Å². The number of benzene rings is 2. The molecular weight excluding hydrogens is 426 g/mol. The SMILES string of the molecule is CC(C)(C)OC(=O)N1CCC(=Cc2cccc(NC(=O)c3cccc(C#N)c3)c2Cl)CC1. The normalized spacial score (nSPS) is 13.8. The van der Waals surface area contributed by atoms with Crippen LogP contribution in [0.1, 0.15) is 55.1 Å². The van der Waals surface area contributed by atoms with E-state index in [9.17, 15) is 9.59 Å². The summed E-state index contributed by atoms with van der Waals surface area (Å²) < 4.78 is 5.44. The molecule has 2 aromatic rings. The number of carbonyl (C=O) groups is 2. The number of likely N-dealkylation sites (tertiary alicyclic amines) is 1. The van der Waals surface area contributed by atoms with Gasteiger partial charge in [-0.15, -0.1) is 0 Å². The van der Waals surface area contributed by atoms with E-state index >= 15 is 0 Å². The maximum Gasteiger partial charge on any atom is 0.410 e. The molecule has 0 aromatic heterocycles. The van der Waals surface area contributed by atoms with Gasteiger partial charge >= 0.3 is 6.09 Å². The Kier molecular flexibility index (Phi) is 7.22. The highest BCUT2D eigenvalue weighted by Crippen LogP contribution is 2.30. The molecule has 1 N–H and O–H groups in total. The Hall–Kier alpha value is -3.30. The second kappa shape index (κ2) is 9.88. The zero-order valence-electron chi connectivity index (χ0n) is 18.4. The molecule has 3 rings (SSSR count). The van der Waals surface area contributed by atoms with Gasteiger partial charge in [-0.05, 0) is 63.4 Å². The maximum atomic E-state index is 12.6. The van der Waals surface area contributed by atoms with E-state index in [1.54, 1.807) is 29.2 Å². The third-order valence-corrected chi connectivity index (χ3v) is 5.37. The minimum atomic E-state index is -0.512. The van der Waals surface area contributed by atoms with Crippen molar-refractivity contribution in [2.75, 3.05) is 18.4 Å². The lowest BCUT2D eigenvalue weighted by Gasteiger charge is -2.31. The molecule has 1 saturated heterocycles. The Labute approximate surface area is 193 Å². The average Bonchev–Trinajstić information content (AvgIpc) is 2.76. The molecule has 0 aliphatic carbocycles. The average molecular weight is 452 g/mol. The molecule has 32 heavy (non-hydrogen) atoms. The number of piperidine rings is 1. The van der Waals surface area contributed by atoms with E-state index in [2.05, 4.69) is 5.32 Å².